The van der Waals surface area contributed by atoms with Crippen molar-refractivity contribution in [2.24, 2.45) is 0 Å². The summed E-state index contributed by atoms with van der Waals surface area (Å²) in [7, 11) is -3.48. The maximum absolute atomic E-state index is 13.5. The SMILES string of the molecule is CCS(=O)(=O)c1ccc(N)cc1CNC(=O)C(Nc1ccc2c(N)nccc2c1)c1cccc(C)c1. The quantitative estimate of drug-likeness (QED) is 0.267. The number of sulfone groups is 1. The lowest BCUT2D eigenvalue weighted by atomic mass is 10.0. The number of aromatic nitrogens is 1. The van der Waals surface area contributed by atoms with Crippen LogP contribution >= 0.6 is 0 Å². The fourth-order valence-electron chi connectivity index (χ4n) is 4.09. The van der Waals surface area contributed by atoms with Crippen molar-refractivity contribution in [1.29, 1.82) is 0 Å². The molecule has 0 bridgehead atoms. The Kier molecular flexibility index (Phi) is 7.12. The lowest BCUT2D eigenvalue weighted by Gasteiger charge is -2.21. The van der Waals surface area contributed by atoms with Gasteiger partial charge in [0.05, 0.1) is 10.6 Å². The number of hydrogen-bond acceptors (Lipinski definition) is 7. The molecule has 3 aromatic carbocycles. The number of nitrogens with one attached hydrogen (secondary N) is 2. The van der Waals surface area contributed by atoms with Gasteiger partial charge in [0.25, 0.3) is 0 Å². The van der Waals surface area contributed by atoms with Gasteiger partial charge in [0.2, 0.25) is 5.91 Å². The second-order valence-corrected chi connectivity index (χ2v) is 10.9. The molecule has 186 valence electrons. The van der Waals surface area contributed by atoms with Gasteiger partial charge in [-0.15, -0.1) is 0 Å². The van der Waals surface area contributed by atoms with E-state index in [-0.39, 0.29) is 23.1 Å². The summed E-state index contributed by atoms with van der Waals surface area (Å²) in [6.45, 7) is 3.56. The van der Waals surface area contributed by atoms with E-state index in [0.717, 1.165) is 27.6 Å². The van der Waals surface area contributed by atoms with Crippen LogP contribution in [0.2, 0.25) is 0 Å². The molecule has 1 aromatic heterocycles. The standard InChI is InChI=1S/C27H29N5O3S/c1-3-36(34,35)24-10-7-21(28)14-20(24)16-31-27(33)25(19-6-4-5-17(2)13-19)32-22-8-9-23-18(15-22)11-12-30-26(23)29/h4-15,25,32H,3,16,28H2,1-2H3,(H2,29,30)(H,31,33). The van der Waals surface area contributed by atoms with Crippen LogP contribution < -0.4 is 22.1 Å². The first-order chi connectivity index (χ1) is 17.2. The van der Waals surface area contributed by atoms with E-state index < -0.39 is 15.9 Å². The molecular formula is C27H29N5O3S. The molecule has 1 unspecified atom stereocenters. The summed E-state index contributed by atoms with van der Waals surface area (Å²) in [5, 5.41) is 7.94. The van der Waals surface area contributed by atoms with E-state index in [1.54, 1.807) is 25.3 Å². The Balaban J connectivity index is 1.64. The summed E-state index contributed by atoms with van der Waals surface area (Å²) in [5.41, 5.74) is 15.3. The van der Waals surface area contributed by atoms with Crippen LogP contribution in [0.3, 0.4) is 0 Å². The number of nitrogen functional groups attached to an aromatic ring is 2. The Morgan fingerprint density at radius 2 is 1.83 bits per heavy atom. The molecule has 9 heteroatoms. The summed E-state index contributed by atoms with van der Waals surface area (Å²) in [6, 6.07) is 19.0. The molecule has 0 radical (unpaired) electrons. The summed E-state index contributed by atoms with van der Waals surface area (Å²) >= 11 is 0. The molecule has 6 N–H and O–H groups in total. The monoisotopic (exact) mass is 503 g/mol. The van der Waals surface area contributed by atoms with E-state index in [1.807, 2.05) is 55.5 Å². The average molecular weight is 504 g/mol. The molecule has 4 aromatic rings. The first-order valence-corrected chi connectivity index (χ1v) is 13.2. The number of aryl methyl sites for hydroxylation is 1. The van der Waals surface area contributed by atoms with Gasteiger partial charge >= 0.3 is 0 Å². The molecule has 0 aliphatic rings. The Labute approximate surface area is 210 Å². The van der Waals surface area contributed by atoms with Gasteiger partial charge < -0.3 is 22.1 Å². The number of fused-ring (bicyclic) bond motifs is 1. The molecule has 8 nitrogen and oxygen atoms in total. The Morgan fingerprint density at radius 1 is 1.03 bits per heavy atom. The predicted octanol–water partition coefficient (Wildman–Crippen LogP) is 3.97. The van der Waals surface area contributed by atoms with Crippen LogP contribution in [0.1, 0.15) is 29.7 Å². The minimum Gasteiger partial charge on any atom is -0.399 e. The molecule has 1 amide bonds. The van der Waals surface area contributed by atoms with Crippen molar-refractivity contribution in [2.45, 2.75) is 31.3 Å². The summed E-state index contributed by atoms with van der Waals surface area (Å²) in [5.74, 6) is 0.0806. The highest BCUT2D eigenvalue weighted by molar-refractivity contribution is 7.91. The van der Waals surface area contributed by atoms with Gasteiger partial charge in [-0.05, 0) is 65.9 Å². The first-order valence-electron chi connectivity index (χ1n) is 11.5. The highest BCUT2D eigenvalue weighted by Crippen LogP contribution is 2.27. The number of nitrogens with two attached hydrogens (primary N) is 2. The van der Waals surface area contributed by atoms with Crippen LogP contribution in [0.15, 0.2) is 77.8 Å². The molecule has 0 spiro atoms. The van der Waals surface area contributed by atoms with Crippen molar-refractivity contribution in [1.82, 2.24) is 10.3 Å². The third-order valence-electron chi connectivity index (χ3n) is 6.00. The third-order valence-corrected chi connectivity index (χ3v) is 7.83. The largest absolute Gasteiger partial charge is 0.399 e. The number of pyridine rings is 1. The number of rotatable bonds is 8. The molecule has 36 heavy (non-hydrogen) atoms. The lowest BCUT2D eigenvalue weighted by molar-refractivity contribution is -0.122. The van der Waals surface area contributed by atoms with Crippen molar-refractivity contribution in [3.63, 3.8) is 0 Å². The molecule has 4 rings (SSSR count). The van der Waals surface area contributed by atoms with Crippen molar-refractivity contribution in [2.75, 3.05) is 22.5 Å². The molecule has 0 saturated carbocycles. The number of carbonyl (C=O) groups excluding carboxylic acids is 1. The fourth-order valence-corrected chi connectivity index (χ4v) is 5.21. The van der Waals surface area contributed by atoms with Crippen LogP contribution in [0.5, 0.6) is 0 Å². The van der Waals surface area contributed by atoms with Gasteiger partial charge in [-0.2, -0.15) is 0 Å². The summed E-state index contributed by atoms with van der Waals surface area (Å²) < 4.78 is 25.1. The number of carbonyl (C=O) groups is 1. The number of nitrogens with zero attached hydrogens (tertiary/aromatic N) is 1. The van der Waals surface area contributed by atoms with Gasteiger partial charge in [0.1, 0.15) is 11.9 Å². The van der Waals surface area contributed by atoms with Crippen LogP contribution in [0.4, 0.5) is 17.2 Å². The van der Waals surface area contributed by atoms with E-state index in [9.17, 15) is 13.2 Å². The molecule has 0 fully saturated rings. The molecule has 1 heterocycles. The zero-order valence-electron chi connectivity index (χ0n) is 20.2. The Hall–Kier alpha value is -4.11. The van der Waals surface area contributed by atoms with Gasteiger partial charge in [0.15, 0.2) is 9.84 Å². The number of benzene rings is 3. The van der Waals surface area contributed by atoms with Crippen molar-refractivity contribution in [3.8, 4) is 0 Å². The summed E-state index contributed by atoms with van der Waals surface area (Å²) in [4.78, 5) is 17.8. The summed E-state index contributed by atoms with van der Waals surface area (Å²) in [6.07, 6.45) is 1.64. The zero-order chi connectivity index (χ0) is 25.9. The zero-order valence-corrected chi connectivity index (χ0v) is 21.0. The third kappa shape index (κ3) is 5.41. The Bertz CT molecular complexity index is 1540. The minimum absolute atomic E-state index is 0.0162. The second kappa shape index (κ2) is 10.2. The van der Waals surface area contributed by atoms with Gasteiger partial charge in [-0.25, -0.2) is 13.4 Å². The van der Waals surface area contributed by atoms with Crippen molar-refractivity contribution < 1.29 is 13.2 Å². The van der Waals surface area contributed by atoms with E-state index in [0.29, 0.717) is 17.1 Å². The highest BCUT2D eigenvalue weighted by Gasteiger charge is 2.23. The maximum Gasteiger partial charge on any atom is 0.247 e. The van der Waals surface area contributed by atoms with E-state index >= 15 is 0 Å². The van der Waals surface area contributed by atoms with Crippen LogP contribution in [0, 0.1) is 6.92 Å². The predicted molar refractivity (Wildman–Crippen MR) is 144 cm³/mol. The maximum atomic E-state index is 13.5. The van der Waals surface area contributed by atoms with Crippen LogP contribution in [0.25, 0.3) is 10.8 Å². The van der Waals surface area contributed by atoms with E-state index in [1.165, 1.54) is 6.07 Å². The topological polar surface area (TPSA) is 140 Å². The van der Waals surface area contributed by atoms with Crippen LogP contribution in [-0.4, -0.2) is 25.1 Å². The normalized spacial score (nSPS) is 12.3. The molecular weight excluding hydrogens is 474 g/mol. The molecule has 0 aliphatic carbocycles. The smallest absolute Gasteiger partial charge is 0.247 e. The van der Waals surface area contributed by atoms with Crippen molar-refractivity contribution in [3.05, 3.63) is 89.6 Å². The average Bonchev–Trinajstić information content (AvgIpc) is 2.86. The fraction of sp³-hybridized carbons (Fsp3) is 0.185. The highest BCUT2D eigenvalue weighted by atomic mass is 32.2. The second-order valence-electron chi connectivity index (χ2n) is 8.61. The number of anilines is 3. The molecule has 0 aliphatic heterocycles. The van der Waals surface area contributed by atoms with E-state index in [2.05, 4.69) is 15.6 Å². The molecule has 1 atom stereocenters. The number of hydrogen-bond donors (Lipinski definition) is 4. The van der Waals surface area contributed by atoms with E-state index in [4.69, 9.17) is 11.5 Å². The lowest BCUT2D eigenvalue weighted by Crippen LogP contribution is -2.33. The van der Waals surface area contributed by atoms with Gasteiger partial charge in [-0.1, -0.05) is 36.8 Å². The first kappa shape index (κ1) is 25.0. The van der Waals surface area contributed by atoms with Gasteiger partial charge in [0, 0.05) is 29.5 Å². The minimum atomic E-state index is -3.48. The van der Waals surface area contributed by atoms with Crippen molar-refractivity contribution >= 4 is 43.7 Å². The Morgan fingerprint density at radius 3 is 2.58 bits per heavy atom. The van der Waals surface area contributed by atoms with Crippen LogP contribution in [-0.2, 0) is 21.2 Å². The molecule has 0 saturated heterocycles. The number of amides is 1. The van der Waals surface area contributed by atoms with Gasteiger partial charge in [-0.3, -0.25) is 4.79 Å².